The number of ether oxygens (including phenoxy) is 2. The minimum atomic E-state index is -0.0695. The van der Waals surface area contributed by atoms with Crippen LogP contribution in [-0.4, -0.2) is 35.9 Å². The van der Waals surface area contributed by atoms with Gasteiger partial charge in [0.05, 0.1) is 27.7 Å². The highest BCUT2D eigenvalue weighted by Crippen LogP contribution is 2.34. The van der Waals surface area contributed by atoms with Gasteiger partial charge in [-0.1, -0.05) is 13.8 Å². The van der Waals surface area contributed by atoms with Crippen molar-refractivity contribution in [3.05, 3.63) is 44.9 Å². The molecular formula is C22H28BrN3O3. The van der Waals surface area contributed by atoms with E-state index in [4.69, 9.17) is 15.2 Å². The number of halogens is 1. The topological polar surface area (TPSA) is 79.4 Å². The van der Waals surface area contributed by atoms with Gasteiger partial charge in [0, 0.05) is 37.3 Å². The van der Waals surface area contributed by atoms with Crippen LogP contribution in [0.25, 0.3) is 21.7 Å². The molecule has 0 saturated carbocycles. The van der Waals surface area contributed by atoms with Crippen molar-refractivity contribution in [2.24, 2.45) is 11.7 Å². The van der Waals surface area contributed by atoms with Crippen LogP contribution in [0.15, 0.2) is 33.7 Å². The fourth-order valence-corrected chi connectivity index (χ4v) is 4.13. The van der Waals surface area contributed by atoms with Crippen molar-refractivity contribution < 1.29 is 9.47 Å². The molecule has 3 aromatic rings. The van der Waals surface area contributed by atoms with E-state index < -0.39 is 0 Å². The van der Waals surface area contributed by atoms with Crippen LogP contribution in [-0.2, 0) is 11.3 Å². The largest absolute Gasteiger partial charge is 0.491 e. The molecule has 0 spiro atoms. The number of pyridine rings is 2. The summed E-state index contributed by atoms with van der Waals surface area (Å²) in [5, 5.41) is 2.48. The summed E-state index contributed by atoms with van der Waals surface area (Å²) in [6, 6.07) is 5.76. The summed E-state index contributed by atoms with van der Waals surface area (Å²) in [5.41, 5.74) is 7.63. The van der Waals surface area contributed by atoms with Gasteiger partial charge in [-0.05, 0) is 52.7 Å². The highest BCUT2D eigenvalue weighted by Gasteiger charge is 2.16. The van der Waals surface area contributed by atoms with E-state index in [0.29, 0.717) is 36.8 Å². The molecular weight excluding hydrogens is 434 g/mol. The molecule has 0 unspecified atom stereocenters. The van der Waals surface area contributed by atoms with Crippen LogP contribution in [0.4, 0.5) is 0 Å². The summed E-state index contributed by atoms with van der Waals surface area (Å²) in [6.45, 7) is 7.44. The Labute approximate surface area is 179 Å². The van der Waals surface area contributed by atoms with Crippen molar-refractivity contribution >= 4 is 37.6 Å². The third kappa shape index (κ3) is 4.63. The lowest BCUT2D eigenvalue weighted by molar-refractivity contribution is 0.187. The van der Waals surface area contributed by atoms with Gasteiger partial charge in [-0.15, -0.1) is 0 Å². The van der Waals surface area contributed by atoms with Crippen molar-refractivity contribution in [2.45, 2.75) is 39.8 Å². The molecule has 3 rings (SSSR count). The number of rotatable bonds is 8. The summed E-state index contributed by atoms with van der Waals surface area (Å²) in [7, 11) is 1.63. The van der Waals surface area contributed by atoms with Crippen LogP contribution in [0.5, 0.6) is 5.75 Å². The van der Waals surface area contributed by atoms with E-state index >= 15 is 0 Å². The van der Waals surface area contributed by atoms with Crippen molar-refractivity contribution in [3.63, 3.8) is 0 Å². The Morgan fingerprint density at radius 1 is 1.28 bits per heavy atom. The molecule has 1 atom stereocenters. The third-order valence-electron chi connectivity index (χ3n) is 4.98. The molecule has 6 nitrogen and oxygen atoms in total. The van der Waals surface area contributed by atoms with Crippen molar-refractivity contribution in [1.29, 1.82) is 0 Å². The first kappa shape index (κ1) is 21.7. The van der Waals surface area contributed by atoms with Gasteiger partial charge in [0.2, 0.25) is 0 Å². The van der Waals surface area contributed by atoms with Gasteiger partial charge in [0.1, 0.15) is 12.4 Å². The molecule has 0 fully saturated rings. The number of fused-ring (bicyclic) bond motifs is 3. The fraction of sp³-hybridized carbons (Fsp3) is 0.455. The van der Waals surface area contributed by atoms with E-state index in [1.807, 2.05) is 25.1 Å². The standard InChI is InChI=1S/C22H28BrN3O3/c1-13(2)9-15(24)12-29-20-11-19-17(10-18(20)23)16-5-6-25-14(3)21(16)22(27)26(19)7-8-28-4/h5-6,10-11,13,15H,7-9,12,24H2,1-4H3/t15-/m0/s1. The molecule has 7 heteroatoms. The van der Waals surface area contributed by atoms with Crippen molar-refractivity contribution in [2.75, 3.05) is 20.3 Å². The number of hydrogen-bond acceptors (Lipinski definition) is 5. The second-order valence-corrected chi connectivity index (χ2v) is 8.62. The Hall–Kier alpha value is -1.96. The third-order valence-corrected chi connectivity index (χ3v) is 5.60. The van der Waals surface area contributed by atoms with Gasteiger partial charge < -0.3 is 19.8 Å². The smallest absolute Gasteiger partial charge is 0.260 e. The van der Waals surface area contributed by atoms with E-state index in [9.17, 15) is 4.79 Å². The molecule has 0 radical (unpaired) electrons. The second-order valence-electron chi connectivity index (χ2n) is 7.77. The first-order chi connectivity index (χ1) is 13.8. The molecule has 2 heterocycles. The van der Waals surface area contributed by atoms with E-state index in [1.54, 1.807) is 17.9 Å². The maximum atomic E-state index is 13.2. The molecule has 0 aliphatic heterocycles. The first-order valence-electron chi connectivity index (χ1n) is 9.82. The maximum Gasteiger partial charge on any atom is 0.260 e. The van der Waals surface area contributed by atoms with E-state index in [-0.39, 0.29) is 11.6 Å². The highest BCUT2D eigenvalue weighted by atomic mass is 79.9. The number of benzene rings is 1. The monoisotopic (exact) mass is 461 g/mol. The van der Waals surface area contributed by atoms with Crippen LogP contribution >= 0.6 is 15.9 Å². The van der Waals surface area contributed by atoms with Crippen molar-refractivity contribution in [1.82, 2.24) is 9.55 Å². The molecule has 0 aliphatic carbocycles. The minimum Gasteiger partial charge on any atom is -0.491 e. The first-order valence-corrected chi connectivity index (χ1v) is 10.6. The number of nitrogens with two attached hydrogens (primary N) is 1. The van der Waals surface area contributed by atoms with E-state index in [1.165, 1.54) is 0 Å². The van der Waals surface area contributed by atoms with Crippen LogP contribution in [0.1, 0.15) is 26.0 Å². The molecule has 1 aromatic carbocycles. The number of aromatic nitrogens is 2. The van der Waals surface area contributed by atoms with Gasteiger partial charge in [-0.3, -0.25) is 9.78 Å². The number of hydrogen-bond donors (Lipinski definition) is 1. The summed E-state index contributed by atoms with van der Waals surface area (Å²) in [6.07, 6.45) is 2.62. The zero-order valence-electron chi connectivity index (χ0n) is 17.4. The Morgan fingerprint density at radius 2 is 2.03 bits per heavy atom. The Morgan fingerprint density at radius 3 is 2.72 bits per heavy atom. The molecule has 2 aromatic heterocycles. The molecule has 0 amide bonds. The zero-order chi connectivity index (χ0) is 21.1. The molecule has 156 valence electrons. The molecule has 0 aliphatic rings. The molecule has 2 N–H and O–H groups in total. The van der Waals surface area contributed by atoms with Gasteiger partial charge in [-0.25, -0.2) is 0 Å². The lowest BCUT2D eigenvalue weighted by Crippen LogP contribution is -2.29. The van der Waals surface area contributed by atoms with Gasteiger partial charge in [0.25, 0.3) is 5.56 Å². The van der Waals surface area contributed by atoms with Crippen LogP contribution in [0, 0.1) is 12.8 Å². The average Bonchev–Trinajstić information content (AvgIpc) is 2.66. The van der Waals surface area contributed by atoms with E-state index in [2.05, 4.69) is 34.8 Å². The van der Waals surface area contributed by atoms with Gasteiger partial charge >= 0.3 is 0 Å². The lowest BCUT2D eigenvalue weighted by atomic mass is 10.0. The van der Waals surface area contributed by atoms with Crippen LogP contribution in [0.3, 0.4) is 0 Å². The number of aryl methyl sites for hydroxylation is 1. The average molecular weight is 462 g/mol. The summed E-state index contributed by atoms with van der Waals surface area (Å²) < 4.78 is 13.8. The Kier molecular flexibility index (Phi) is 6.93. The SMILES string of the molecule is COCCn1c(=O)c2c(C)nccc2c2cc(Br)c(OC[C@@H](N)CC(C)C)cc21. The normalized spacial score (nSPS) is 12.8. The summed E-state index contributed by atoms with van der Waals surface area (Å²) in [5.74, 6) is 1.18. The minimum absolute atomic E-state index is 0.0430. The predicted molar refractivity (Wildman–Crippen MR) is 121 cm³/mol. The lowest BCUT2D eigenvalue weighted by Gasteiger charge is -2.18. The second kappa shape index (κ2) is 9.24. The zero-order valence-corrected chi connectivity index (χ0v) is 19.0. The van der Waals surface area contributed by atoms with Crippen LogP contribution < -0.4 is 16.0 Å². The summed E-state index contributed by atoms with van der Waals surface area (Å²) >= 11 is 3.62. The Balaban J connectivity index is 2.15. The highest BCUT2D eigenvalue weighted by molar-refractivity contribution is 9.10. The number of methoxy groups -OCH3 is 1. The molecule has 0 bridgehead atoms. The Bertz CT molecular complexity index is 1080. The quantitative estimate of drug-likeness (QED) is 0.512. The van der Waals surface area contributed by atoms with Gasteiger partial charge in [0.15, 0.2) is 0 Å². The fourth-order valence-electron chi connectivity index (χ4n) is 3.67. The molecule has 0 saturated heterocycles. The van der Waals surface area contributed by atoms with E-state index in [0.717, 1.165) is 32.9 Å². The van der Waals surface area contributed by atoms with Gasteiger partial charge in [-0.2, -0.15) is 0 Å². The molecule has 29 heavy (non-hydrogen) atoms. The maximum absolute atomic E-state index is 13.2. The predicted octanol–water partition coefficient (Wildman–Crippen LogP) is 4.02. The van der Waals surface area contributed by atoms with Crippen LogP contribution in [0.2, 0.25) is 0 Å². The van der Waals surface area contributed by atoms with Crippen molar-refractivity contribution in [3.8, 4) is 5.75 Å². The summed E-state index contributed by atoms with van der Waals surface area (Å²) in [4.78, 5) is 17.6. The number of nitrogens with zero attached hydrogens (tertiary/aromatic N) is 2.